The van der Waals surface area contributed by atoms with Crippen LogP contribution in [-0.2, 0) is 24.8 Å². The van der Waals surface area contributed by atoms with Crippen molar-refractivity contribution in [3.8, 4) is 5.75 Å². The van der Waals surface area contributed by atoms with Crippen LogP contribution in [0.15, 0.2) is 50.8 Å². The van der Waals surface area contributed by atoms with Crippen molar-refractivity contribution < 1.29 is 36.0 Å². The highest BCUT2D eigenvalue weighted by atomic mass is 35.5. The molecule has 40 heavy (non-hydrogen) atoms. The number of benzene rings is 2. The van der Waals surface area contributed by atoms with Crippen molar-refractivity contribution in [1.29, 1.82) is 0 Å². The monoisotopic (exact) mass is 615 g/mol. The first-order chi connectivity index (χ1) is 19.0. The van der Waals surface area contributed by atoms with E-state index < -0.39 is 31.8 Å². The number of ether oxygens (including phenoxy) is 2. The van der Waals surface area contributed by atoms with Crippen molar-refractivity contribution in [2.75, 3.05) is 39.9 Å². The average molecular weight is 616 g/mol. The van der Waals surface area contributed by atoms with Crippen LogP contribution in [0.3, 0.4) is 0 Å². The van der Waals surface area contributed by atoms with Gasteiger partial charge in [0.15, 0.2) is 5.52 Å². The summed E-state index contributed by atoms with van der Waals surface area (Å²) >= 11 is 6.25. The molecule has 0 aliphatic carbocycles. The molecule has 2 fully saturated rings. The van der Waals surface area contributed by atoms with Crippen LogP contribution in [0, 0.1) is 0 Å². The third-order valence-corrected chi connectivity index (χ3v) is 11.1. The maximum Gasteiger partial charge on any atom is 0.246 e. The molecule has 2 aliphatic heterocycles. The molecule has 0 amide bonds. The third kappa shape index (κ3) is 5.97. The Morgan fingerprint density at radius 1 is 1.20 bits per heavy atom. The van der Waals surface area contributed by atoms with E-state index in [-0.39, 0.29) is 52.6 Å². The first kappa shape index (κ1) is 29.1. The molecule has 2 aromatic carbocycles. The second-order valence-corrected chi connectivity index (χ2v) is 14.0. The van der Waals surface area contributed by atoms with Crippen molar-refractivity contribution in [1.82, 2.24) is 24.7 Å². The number of piperidine rings is 1. The fourth-order valence-corrected chi connectivity index (χ4v) is 7.87. The summed E-state index contributed by atoms with van der Waals surface area (Å²) < 4.78 is 70.8. The van der Waals surface area contributed by atoms with E-state index >= 15 is 0 Å². The molecule has 5 rings (SSSR count). The Morgan fingerprint density at radius 3 is 2.73 bits per heavy atom. The second-order valence-electron chi connectivity index (χ2n) is 9.86. The van der Waals surface area contributed by atoms with Gasteiger partial charge in [-0.1, -0.05) is 17.7 Å². The molecule has 2 unspecified atom stereocenters. The summed E-state index contributed by atoms with van der Waals surface area (Å²) in [6.07, 6.45) is 0.841. The number of sulfonamides is 2. The summed E-state index contributed by atoms with van der Waals surface area (Å²) in [7, 11) is -6.20. The highest BCUT2D eigenvalue weighted by Crippen LogP contribution is 2.39. The number of halogens is 1. The van der Waals surface area contributed by atoms with E-state index in [2.05, 4.69) is 20.4 Å². The molecule has 2 aliphatic rings. The van der Waals surface area contributed by atoms with Gasteiger partial charge in [0, 0.05) is 31.7 Å². The fourth-order valence-electron chi connectivity index (χ4n) is 5.04. The number of hydrogen-bond acceptors (Lipinski definition) is 11. The molecule has 13 nitrogen and oxygen atoms in total. The van der Waals surface area contributed by atoms with Gasteiger partial charge < -0.3 is 19.9 Å². The minimum Gasteiger partial charge on any atom is -0.491 e. The van der Waals surface area contributed by atoms with Gasteiger partial charge in [0.1, 0.15) is 28.9 Å². The predicted molar refractivity (Wildman–Crippen MR) is 144 cm³/mol. The lowest BCUT2D eigenvalue weighted by atomic mass is 9.88. The number of nitrogens with one attached hydrogen (secondary N) is 2. The molecule has 1 aromatic heterocycles. The van der Waals surface area contributed by atoms with E-state index in [1.54, 1.807) is 18.2 Å². The van der Waals surface area contributed by atoms with Gasteiger partial charge in [-0.15, -0.1) is 0 Å². The molecule has 2 atom stereocenters. The van der Waals surface area contributed by atoms with Crippen LogP contribution in [0.4, 0.5) is 0 Å². The Kier molecular flexibility index (Phi) is 8.37. The number of aliphatic hydroxyl groups is 1. The maximum atomic E-state index is 13.4. The molecule has 218 valence electrons. The van der Waals surface area contributed by atoms with Gasteiger partial charge in [-0.05, 0) is 60.9 Å². The molecule has 16 heteroatoms. The Labute approximate surface area is 236 Å². The van der Waals surface area contributed by atoms with Gasteiger partial charge >= 0.3 is 0 Å². The quantitative estimate of drug-likeness (QED) is 0.298. The molecule has 3 N–H and O–H groups in total. The van der Waals surface area contributed by atoms with Gasteiger partial charge in [0.25, 0.3) is 0 Å². The van der Waals surface area contributed by atoms with E-state index in [1.165, 1.54) is 29.6 Å². The number of nitrogens with zero attached hydrogens (tertiary/aromatic N) is 3. The lowest BCUT2D eigenvalue weighted by Crippen LogP contribution is -2.47. The molecule has 0 radical (unpaired) electrons. The zero-order valence-corrected chi connectivity index (χ0v) is 24.0. The van der Waals surface area contributed by atoms with Crippen LogP contribution in [0.2, 0.25) is 5.02 Å². The number of rotatable bonds is 10. The zero-order valence-electron chi connectivity index (χ0n) is 21.6. The average Bonchev–Trinajstić information content (AvgIpc) is 3.58. The van der Waals surface area contributed by atoms with E-state index in [9.17, 15) is 21.9 Å². The standard InChI is InChI=1S/C24H30ClN5O8S2/c1-26-39(32,33)19-4-2-3-18(11-19)36-15-17(31)13-27-16-12-24(37-14-16)7-9-30(10-8-24)40(34,35)23-20(25)5-6-21-22(23)29-38-28-21/h2-6,11,16-17,26-27,31H,7-10,12-15H2,1H3. The lowest BCUT2D eigenvalue weighted by molar-refractivity contribution is -0.0312. The maximum absolute atomic E-state index is 13.4. The van der Waals surface area contributed by atoms with Crippen LogP contribution in [0.1, 0.15) is 19.3 Å². The molecular weight excluding hydrogens is 586 g/mol. The smallest absolute Gasteiger partial charge is 0.246 e. The van der Waals surface area contributed by atoms with Crippen molar-refractivity contribution in [3.05, 3.63) is 41.4 Å². The number of hydrogen-bond donors (Lipinski definition) is 3. The largest absolute Gasteiger partial charge is 0.491 e. The van der Waals surface area contributed by atoms with E-state index in [4.69, 9.17) is 25.7 Å². The van der Waals surface area contributed by atoms with Crippen LogP contribution < -0.4 is 14.8 Å². The Morgan fingerprint density at radius 2 is 1.98 bits per heavy atom. The highest BCUT2D eigenvalue weighted by molar-refractivity contribution is 7.89. The van der Waals surface area contributed by atoms with Gasteiger partial charge in [0.2, 0.25) is 20.0 Å². The van der Waals surface area contributed by atoms with Crippen LogP contribution in [0.5, 0.6) is 5.75 Å². The van der Waals surface area contributed by atoms with Gasteiger partial charge in [-0.2, -0.15) is 4.31 Å². The Hall–Kier alpha value is -2.37. The highest BCUT2D eigenvalue weighted by Gasteiger charge is 2.45. The normalized spacial score (nSPS) is 20.7. The van der Waals surface area contributed by atoms with Gasteiger partial charge in [-0.3, -0.25) is 0 Å². The third-order valence-electron chi connectivity index (χ3n) is 7.24. The van der Waals surface area contributed by atoms with Crippen molar-refractivity contribution >= 4 is 42.7 Å². The summed E-state index contributed by atoms with van der Waals surface area (Å²) in [5.41, 5.74) is -0.0462. The van der Waals surface area contributed by atoms with Crippen LogP contribution >= 0.6 is 11.6 Å². The first-order valence-corrected chi connectivity index (χ1v) is 16.0. The molecular formula is C24H30ClN5O8S2. The lowest BCUT2D eigenvalue weighted by Gasteiger charge is -2.38. The Balaban J connectivity index is 1.11. The van der Waals surface area contributed by atoms with Crippen LogP contribution in [-0.4, -0.2) is 94.2 Å². The van der Waals surface area contributed by atoms with Gasteiger partial charge in [0.05, 0.1) is 22.1 Å². The summed E-state index contributed by atoms with van der Waals surface area (Å²) in [5.74, 6) is 0.331. The van der Waals surface area contributed by atoms with Gasteiger partial charge in [-0.25, -0.2) is 26.2 Å². The summed E-state index contributed by atoms with van der Waals surface area (Å²) in [4.78, 5) is -0.0370. The van der Waals surface area contributed by atoms with Crippen LogP contribution in [0.25, 0.3) is 11.0 Å². The topological polar surface area (TPSA) is 173 Å². The van der Waals surface area contributed by atoms with Crippen molar-refractivity contribution in [2.45, 2.75) is 46.8 Å². The number of aliphatic hydroxyl groups excluding tert-OH is 1. The predicted octanol–water partition coefficient (Wildman–Crippen LogP) is 1.13. The molecule has 2 saturated heterocycles. The van der Waals surface area contributed by atoms with Crippen molar-refractivity contribution in [3.63, 3.8) is 0 Å². The Bertz CT molecular complexity index is 1570. The minimum absolute atomic E-state index is 0.0219. The fraction of sp³-hybridized carbons (Fsp3) is 0.500. The van der Waals surface area contributed by atoms with E-state index in [0.717, 1.165) is 0 Å². The molecule has 3 aromatic rings. The summed E-state index contributed by atoms with van der Waals surface area (Å²) in [5, 5.41) is 21.2. The van der Waals surface area contributed by atoms with E-state index in [0.29, 0.717) is 37.1 Å². The zero-order chi connectivity index (χ0) is 28.5. The summed E-state index contributed by atoms with van der Waals surface area (Å²) in [6, 6.07) is 9.03. The molecule has 0 bridgehead atoms. The van der Waals surface area contributed by atoms with E-state index in [1.807, 2.05) is 0 Å². The minimum atomic E-state index is -3.93. The molecule has 1 spiro atoms. The SMILES string of the molecule is CNS(=O)(=O)c1cccc(OCC(O)CNC2COC3(CCN(S(=O)(=O)c4c(Cl)ccc5nonc45)CC3)C2)c1. The first-order valence-electron chi connectivity index (χ1n) is 12.7. The number of aromatic nitrogens is 2. The van der Waals surface area contributed by atoms with Crippen molar-refractivity contribution in [2.24, 2.45) is 0 Å². The number of fused-ring (bicyclic) bond motifs is 1. The summed E-state index contributed by atoms with van der Waals surface area (Å²) in [6.45, 7) is 1.16. The molecule has 3 heterocycles. The second kappa shape index (κ2) is 11.5. The molecule has 0 saturated carbocycles.